The number of rotatable bonds is 2. The summed E-state index contributed by atoms with van der Waals surface area (Å²) in [4.78, 5) is 24.8. The first-order valence-electron chi connectivity index (χ1n) is 4.29. The summed E-state index contributed by atoms with van der Waals surface area (Å²) in [6.45, 7) is 0. The maximum Gasteiger partial charge on any atom is 0.298 e. The van der Waals surface area contributed by atoms with Gasteiger partial charge in [0.25, 0.3) is 5.69 Å². The van der Waals surface area contributed by atoms with E-state index in [0.717, 1.165) is 6.20 Å². The minimum Gasteiger partial charge on any atom is -0.319 e. The topological polar surface area (TPSA) is 78.0 Å². The molecule has 6 nitrogen and oxygen atoms in total. The Morgan fingerprint density at radius 1 is 1.62 bits per heavy atom. The van der Waals surface area contributed by atoms with Crippen LogP contribution in [0.15, 0.2) is 12.3 Å². The van der Waals surface area contributed by atoms with Gasteiger partial charge in [-0.3, -0.25) is 14.9 Å². The lowest BCUT2D eigenvalue weighted by atomic mass is 10.2. The molecular weight excluding hydrogens is 234 g/mol. The second kappa shape index (κ2) is 3.57. The highest BCUT2D eigenvalue weighted by Crippen LogP contribution is 2.28. The van der Waals surface area contributed by atoms with Crippen molar-refractivity contribution in [2.24, 2.45) is 7.05 Å². The van der Waals surface area contributed by atoms with Gasteiger partial charge in [0.15, 0.2) is 6.29 Å². The van der Waals surface area contributed by atoms with Crippen molar-refractivity contribution < 1.29 is 9.72 Å². The third-order valence-corrected chi connectivity index (χ3v) is 2.69. The third-order valence-electron chi connectivity index (χ3n) is 2.33. The van der Waals surface area contributed by atoms with Gasteiger partial charge >= 0.3 is 0 Å². The Balaban J connectivity index is 2.91. The number of aromatic nitrogens is 2. The van der Waals surface area contributed by atoms with Gasteiger partial charge in [-0.2, -0.15) is 0 Å². The van der Waals surface area contributed by atoms with Crippen molar-refractivity contribution in [3.63, 3.8) is 0 Å². The predicted octanol–water partition coefficient (Wildman–Crippen LogP) is 1.95. The van der Waals surface area contributed by atoms with Crippen LogP contribution in [-0.2, 0) is 7.05 Å². The van der Waals surface area contributed by atoms with Crippen molar-refractivity contribution in [3.8, 4) is 0 Å². The summed E-state index contributed by atoms with van der Waals surface area (Å²) in [6.07, 6.45) is 1.50. The summed E-state index contributed by atoms with van der Waals surface area (Å²) >= 11 is 5.85. The number of hydrogen-bond donors (Lipinski definition) is 0. The number of fused-ring (bicyclic) bond motifs is 1. The average Bonchev–Trinajstić information content (AvgIpc) is 2.54. The molecule has 2 aromatic rings. The van der Waals surface area contributed by atoms with Crippen LogP contribution in [0.3, 0.4) is 0 Å². The fourth-order valence-electron chi connectivity index (χ4n) is 1.52. The molecule has 0 saturated carbocycles. The molecule has 2 rings (SSSR count). The molecule has 0 N–H and O–H groups in total. The van der Waals surface area contributed by atoms with Gasteiger partial charge in [0.2, 0.25) is 0 Å². The lowest BCUT2D eigenvalue weighted by Gasteiger charge is -1.98. The Morgan fingerprint density at radius 3 is 2.88 bits per heavy atom. The summed E-state index contributed by atoms with van der Waals surface area (Å²) in [7, 11) is 1.66. The third kappa shape index (κ3) is 1.35. The zero-order valence-corrected chi connectivity index (χ0v) is 8.93. The molecule has 2 aromatic heterocycles. The SMILES string of the molecule is Cn1c(Cl)cc2c(C=O)c([N+](=O)[O-])cnc21. The summed E-state index contributed by atoms with van der Waals surface area (Å²) < 4.78 is 1.55. The van der Waals surface area contributed by atoms with Gasteiger partial charge in [-0.15, -0.1) is 0 Å². The normalized spacial score (nSPS) is 10.6. The smallest absolute Gasteiger partial charge is 0.298 e. The molecular formula is C9H6ClN3O3. The van der Waals surface area contributed by atoms with E-state index in [9.17, 15) is 14.9 Å². The highest BCUT2D eigenvalue weighted by atomic mass is 35.5. The summed E-state index contributed by atoms with van der Waals surface area (Å²) in [5.74, 6) is 0. The van der Waals surface area contributed by atoms with Crippen LogP contribution in [0.2, 0.25) is 5.15 Å². The molecule has 0 radical (unpaired) electrons. The molecule has 0 aromatic carbocycles. The van der Waals surface area contributed by atoms with Gasteiger partial charge in [0, 0.05) is 12.4 Å². The molecule has 0 aliphatic rings. The predicted molar refractivity (Wildman–Crippen MR) is 57.8 cm³/mol. The van der Waals surface area contributed by atoms with Crippen LogP contribution in [0.4, 0.5) is 5.69 Å². The molecule has 0 aliphatic carbocycles. The van der Waals surface area contributed by atoms with Gasteiger partial charge in [0.05, 0.1) is 4.92 Å². The van der Waals surface area contributed by atoms with Crippen LogP contribution in [-0.4, -0.2) is 20.8 Å². The monoisotopic (exact) mass is 239 g/mol. The van der Waals surface area contributed by atoms with Gasteiger partial charge in [-0.1, -0.05) is 11.6 Å². The van der Waals surface area contributed by atoms with Crippen molar-refractivity contribution in [1.29, 1.82) is 0 Å². The molecule has 0 amide bonds. The number of halogens is 1. The van der Waals surface area contributed by atoms with E-state index < -0.39 is 4.92 Å². The van der Waals surface area contributed by atoms with E-state index in [4.69, 9.17) is 11.6 Å². The van der Waals surface area contributed by atoms with E-state index in [-0.39, 0.29) is 11.3 Å². The van der Waals surface area contributed by atoms with Crippen LogP contribution >= 0.6 is 11.6 Å². The van der Waals surface area contributed by atoms with Crippen LogP contribution in [0.1, 0.15) is 10.4 Å². The number of carbonyl (C=O) groups is 1. The first kappa shape index (κ1) is 10.6. The van der Waals surface area contributed by atoms with E-state index in [0.29, 0.717) is 22.5 Å². The fourth-order valence-corrected chi connectivity index (χ4v) is 1.70. The quantitative estimate of drug-likeness (QED) is 0.456. The Labute approximate surface area is 94.6 Å². The zero-order chi connectivity index (χ0) is 11.9. The molecule has 0 unspecified atom stereocenters. The molecule has 0 bridgehead atoms. The first-order chi connectivity index (χ1) is 7.56. The van der Waals surface area contributed by atoms with Gasteiger partial charge in [-0.05, 0) is 6.07 Å². The number of aryl methyl sites for hydroxylation is 1. The Bertz CT molecular complexity index is 606. The number of aldehydes is 1. The number of hydrogen-bond acceptors (Lipinski definition) is 4. The number of carbonyl (C=O) groups excluding carboxylic acids is 1. The van der Waals surface area contributed by atoms with Gasteiger partial charge < -0.3 is 4.57 Å². The molecule has 0 saturated heterocycles. The molecule has 7 heteroatoms. The minimum atomic E-state index is -0.642. The summed E-state index contributed by atoms with van der Waals surface area (Å²) in [5, 5.41) is 11.4. The van der Waals surface area contributed by atoms with E-state index >= 15 is 0 Å². The number of pyridine rings is 1. The van der Waals surface area contributed by atoms with Gasteiger partial charge in [0.1, 0.15) is 22.6 Å². The van der Waals surface area contributed by atoms with Crippen molar-refractivity contribution in [2.45, 2.75) is 0 Å². The molecule has 0 aliphatic heterocycles. The zero-order valence-electron chi connectivity index (χ0n) is 8.18. The first-order valence-corrected chi connectivity index (χ1v) is 4.67. The molecule has 0 atom stereocenters. The largest absolute Gasteiger partial charge is 0.319 e. The lowest BCUT2D eigenvalue weighted by molar-refractivity contribution is -0.385. The molecule has 0 spiro atoms. The van der Waals surface area contributed by atoms with E-state index in [1.54, 1.807) is 11.6 Å². The Kier molecular flexibility index (Phi) is 2.35. The van der Waals surface area contributed by atoms with Crippen molar-refractivity contribution in [3.05, 3.63) is 33.1 Å². The second-order valence-electron chi connectivity index (χ2n) is 3.20. The summed E-state index contributed by atoms with van der Waals surface area (Å²) in [5.41, 5.74) is 0.125. The lowest BCUT2D eigenvalue weighted by Crippen LogP contribution is -1.98. The van der Waals surface area contributed by atoms with E-state index in [1.165, 1.54) is 6.07 Å². The van der Waals surface area contributed by atoms with Crippen LogP contribution in [0, 0.1) is 10.1 Å². The highest BCUT2D eigenvalue weighted by Gasteiger charge is 2.19. The van der Waals surface area contributed by atoms with Crippen LogP contribution < -0.4 is 0 Å². The van der Waals surface area contributed by atoms with E-state index in [2.05, 4.69) is 4.98 Å². The Hall–Kier alpha value is -1.95. The maximum atomic E-state index is 10.9. The Morgan fingerprint density at radius 2 is 2.31 bits per heavy atom. The molecule has 82 valence electrons. The van der Waals surface area contributed by atoms with Crippen molar-refractivity contribution in [1.82, 2.24) is 9.55 Å². The van der Waals surface area contributed by atoms with Crippen LogP contribution in [0.25, 0.3) is 11.0 Å². The molecule has 2 heterocycles. The number of nitrogens with zero attached hydrogens (tertiary/aromatic N) is 3. The summed E-state index contributed by atoms with van der Waals surface area (Å²) in [6, 6.07) is 1.49. The average molecular weight is 240 g/mol. The highest BCUT2D eigenvalue weighted by molar-refractivity contribution is 6.31. The molecule has 16 heavy (non-hydrogen) atoms. The van der Waals surface area contributed by atoms with Gasteiger partial charge in [-0.25, -0.2) is 4.98 Å². The standard InChI is InChI=1S/C9H6ClN3O3/c1-12-8(10)2-5-6(4-14)7(13(15)16)3-11-9(5)12/h2-4H,1H3. The van der Waals surface area contributed by atoms with Crippen molar-refractivity contribution >= 4 is 34.6 Å². The molecule has 0 fully saturated rings. The second-order valence-corrected chi connectivity index (χ2v) is 3.58. The van der Waals surface area contributed by atoms with Crippen LogP contribution in [0.5, 0.6) is 0 Å². The fraction of sp³-hybridized carbons (Fsp3) is 0.111. The van der Waals surface area contributed by atoms with E-state index in [1.807, 2.05) is 0 Å². The van der Waals surface area contributed by atoms with Crippen molar-refractivity contribution in [2.75, 3.05) is 0 Å². The number of nitro groups is 1. The minimum absolute atomic E-state index is 0.00231. The maximum absolute atomic E-state index is 10.9.